The third-order valence-electron chi connectivity index (χ3n) is 3.69. The van der Waals surface area contributed by atoms with E-state index < -0.39 is 0 Å². The van der Waals surface area contributed by atoms with Crippen molar-refractivity contribution >= 4 is 6.21 Å². The molecule has 1 saturated heterocycles. The maximum Gasteiger partial charge on any atom is 0.125 e. The predicted molar refractivity (Wildman–Crippen MR) is 90.4 cm³/mol. The molecule has 1 aromatic carbocycles. The van der Waals surface area contributed by atoms with Crippen LogP contribution in [0.4, 0.5) is 0 Å². The van der Waals surface area contributed by atoms with Gasteiger partial charge in [-0.05, 0) is 45.7 Å². The number of ether oxygens (including phenoxy) is 2. The maximum atomic E-state index is 8.73. The Bertz CT molecular complexity index is 536. The van der Waals surface area contributed by atoms with Gasteiger partial charge in [-0.25, -0.2) is 0 Å². The van der Waals surface area contributed by atoms with Crippen molar-refractivity contribution in [1.29, 1.82) is 0 Å². The van der Waals surface area contributed by atoms with E-state index in [1.54, 1.807) is 0 Å². The summed E-state index contributed by atoms with van der Waals surface area (Å²) in [5, 5.41) is 11.9. The second-order valence-corrected chi connectivity index (χ2v) is 6.35. The van der Waals surface area contributed by atoms with E-state index in [0.717, 1.165) is 28.0 Å². The molecule has 1 N–H and O–H groups in total. The number of aryl methyl sites for hydroxylation is 2. The summed E-state index contributed by atoms with van der Waals surface area (Å²) in [4.78, 5) is 0. The third-order valence-corrected chi connectivity index (χ3v) is 3.69. The lowest BCUT2D eigenvalue weighted by atomic mass is 9.99. The van der Waals surface area contributed by atoms with Gasteiger partial charge in [0.15, 0.2) is 0 Å². The molecule has 0 spiro atoms. The van der Waals surface area contributed by atoms with Crippen molar-refractivity contribution in [3.8, 4) is 5.75 Å². The minimum atomic E-state index is -0.0676. The highest BCUT2D eigenvalue weighted by atomic mass is 16.6. The lowest BCUT2D eigenvalue weighted by molar-refractivity contribution is 0.252. The van der Waals surface area contributed by atoms with Crippen LogP contribution < -0.4 is 4.74 Å². The van der Waals surface area contributed by atoms with Gasteiger partial charge in [-0.2, -0.15) is 0 Å². The fourth-order valence-electron chi connectivity index (χ4n) is 2.39. The van der Waals surface area contributed by atoms with Crippen LogP contribution in [-0.4, -0.2) is 29.7 Å². The van der Waals surface area contributed by atoms with Crippen molar-refractivity contribution in [3.63, 3.8) is 0 Å². The average Bonchev–Trinajstić information content (AvgIpc) is 3.02. The van der Waals surface area contributed by atoms with Crippen molar-refractivity contribution in [3.05, 3.63) is 28.3 Å². The van der Waals surface area contributed by atoms with Crippen LogP contribution in [0.25, 0.3) is 0 Å². The lowest BCUT2D eigenvalue weighted by Gasteiger charge is -2.15. The molecule has 4 heteroatoms. The van der Waals surface area contributed by atoms with Gasteiger partial charge in [-0.1, -0.05) is 31.5 Å². The van der Waals surface area contributed by atoms with E-state index in [0.29, 0.717) is 6.61 Å². The second-order valence-electron chi connectivity index (χ2n) is 6.35. The molecule has 22 heavy (non-hydrogen) atoms. The Balaban J connectivity index is 0.000000745. The zero-order valence-corrected chi connectivity index (χ0v) is 14.9. The Hall–Kier alpha value is -1.55. The molecule has 1 heterocycles. The standard InChI is InChI=1S/C15H21NO3.C3H8/c1-9-6-10(2)14(11(3)12(9)7-16-17)18-8-13-15(4,5)19-13;1-3-2/h6-7,13,17H,8H2,1-5H3;3H2,1-2H3/b16-7+;. The van der Waals surface area contributed by atoms with Crippen molar-refractivity contribution in [2.24, 2.45) is 5.16 Å². The minimum absolute atomic E-state index is 0.0676. The summed E-state index contributed by atoms with van der Waals surface area (Å²) >= 11 is 0. The first-order valence-corrected chi connectivity index (χ1v) is 7.87. The highest BCUT2D eigenvalue weighted by molar-refractivity contribution is 5.84. The van der Waals surface area contributed by atoms with Crippen molar-refractivity contribution < 1.29 is 14.7 Å². The molecule has 1 unspecified atom stereocenters. The van der Waals surface area contributed by atoms with Crippen LogP contribution >= 0.6 is 0 Å². The number of hydrogen-bond donors (Lipinski definition) is 1. The summed E-state index contributed by atoms with van der Waals surface area (Å²) in [6, 6.07) is 2.04. The fourth-order valence-corrected chi connectivity index (χ4v) is 2.39. The Morgan fingerprint density at radius 2 is 1.82 bits per heavy atom. The zero-order valence-electron chi connectivity index (χ0n) is 14.9. The summed E-state index contributed by atoms with van der Waals surface area (Å²) in [5.74, 6) is 0.854. The minimum Gasteiger partial charge on any atom is -0.490 e. The van der Waals surface area contributed by atoms with Gasteiger partial charge in [0.05, 0.1) is 11.8 Å². The summed E-state index contributed by atoms with van der Waals surface area (Å²) in [5.41, 5.74) is 3.99. The summed E-state index contributed by atoms with van der Waals surface area (Å²) in [6.07, 6.45) is 2.86. The SMILES string of the molecule is CCC.Cc1cc(C)c(OCC2OC2(C)C)c(C)c1/C=N/O. The molecule has 0 aliphatic carbocycles. The third kappa shape index (κ3) is 4.47. The number of oxime groups is 1. The van der Waals surface area contributed by atoms with E-state index in [-0.39, 0.29) is 11.7 Å². The molecule has 0 bridgehead atoms. The molecule has 0 radical (unpaired) electrons. The van der Waals surface area contributed by atoms with Gasteiger partial charge >= 0.3 is 0 Å². The highest BCUT2D eigenvalue weighted by Crippen LogP contribution is 2.36. The van der Waals surface area contributed by atoms with Gasteiger partial charge in [0, 0.05) is 11.1 Å². The van der Waals surface area contributed by atoms with Crippen molar-refractivity contribution in [2.75, 3.05) is 6.61 Å². The van der Waals surface area contributed by atoms with E-state index in [1.807, 2.05) is 26.8 Å². The van der Waals surface area contributed by atoms with Gasteiger partial charge in [0.25, 0.3) is 0 Å². The predicted octanol–water partition coefficient (Wildman–Crippen LogP) is 4.39. The largest absolute Gasteiger partial charge is 0.490 e. The van der Waals surface area contributed by atoms with E-state index in [2.05, 4.69) is 32.9 Å². The molecule has 124 valence electrons. The first-order chi connectivity index (χ1) is 10.3. The topological polar surface area (TPSA) is 54.3 Å². The maximum absolute atomic E-state index is 8.73. The molecule has 0 saturated carbocycles. The fraction of sp³-hybridized carbons (Fsp3) is 0.611. The molecule has 0 aromatic heterocycles. The van der Waals surface area contributed by atoms with Gasteiger partial charge in [0.1, 0.15) is 18.5 Å². The monoisotopic (exact) mass is 307 g/mol. The smallest absolute Gasteiger partial charge is 0.125 e. The molecule has 2 rings (SSSR count). The Morgan fingerprint density at radius 1 is 1.27 bits per heavy atom. The van der Waals surface area contributed by atoms with Gasteiger partial charge < -0.3 is 14.7 Å². The number of rotatable bonds is 4. The van der Waals surface area contributed by atoms with Crippen molar-refractivity contribution in [1.82, 2.24) is 0 Å². The van der Waals surface area contributed by atoms with Crippen LogP contribution in [-0.2, 0) is 4.74 Å². The first-order valence-electron chi connectivity index (χ1n) is 7.87. The number of benzene rings is 1. The normalized spacial score (nSPS) is 18.8. The lowest BCUT2D eigenvalue weighted by Crippen LogP contribution is -2.13. The average molecular weight is 307 g/mol. The van der Waals surface area contributed by atoms with Crippen molar-refractivity contribution in [2.45, 2.75) is 66.6 Å². The van der Waals surface area contributed by atoms with E-state index in [4.69, 9.17) is 14.7 Å². The molecule has 4 nitrogen and oxygen atoms in total. The molecular weight excluding hydrogens is 278 g/mol. The number of hydrogen-bond acceptors (Lipinski definition) is 4. The summed E-state index contributed by atoms with van der Waals surface area (Å²) in [6.45, 7) is 14.9. The van der Waals surface area contributed by atoms with Crippen LogP contribution in [0.5, 0.6) is 5.75 Å². The van der Waals surface area contributed by atoms with Crippen LogP contribution in [0.3, 0.4) is 0 Å². The summed E-state index contributed by atoms with van der Waals surface area (Å²) < 4.78 is 11.4. The number of epoxide rings is 1. The van der Waals surface area contributed by atoms with Crippen LogP contribution in [0.1, 0.15) is 56.4 Å². The molecule has 1 aliphatic heterocycles. The molecule has 0 amide bonds. The van der Waals surface area contributed by atoms with Gasteiger partial charge in [-0.3, -0.25) is 0 Å². The Labute approximate surface area is 134 Å². The Kier molecular flexibility index (Phi) is 6.42. The Morgan fingerprint density at radius 3 is 2.27 bits per heavy atom. The van der Waals surface area contributed by atoms with Crippen LogP contribution in [0.15, 0.2) is 11.2 Å². The van der Waals surface area contributed by atoms with E-state index in [1.165, 1.54) is 12.6 Å². The zero-order chi connectivity index (χ0) is 16.9. The van der Waals surface area contributed by atoms with Gasteiger partial charge in [-0.15, -0.1) is 0 Å². The van der Waals surface area contributed by atoms with Gasteiger partial charge in [0.2, 0.25) is 0 Å². The first kappa shape index (κ1) is 18.5. The van der Waals surface area contributed by atoms with E-state index in [9.17, 15) is 0 Å². The molecule has 1 aliphatic rings. The second kappa shape index (κ2) is 7.63. The molecule has 1 fully saturated rings. The number of nitrogens with zero attached hydrogens (tertiary/aromatic N) is 1. The molecule has 1 aromatic rings. The quantitative estimate of drug-likeness (QED) is 0.388. The highest BCUT2D eigenvalue weighted by Gasteiger charge is 2.48. The molecular formula is C18H29NO3. The van der Waals surface area contributed by atoms with E-state index >= 15 is 0 Å². The molecule has 1 atom stereocenters. The summed E-state index contributed by atoms with van der Waals surface area (Å²) in [7, 11) is 0. The van der Waals surface area contributed by atoms with Crippen LogP contribution in [0.2, 0.25) is 0 Å². The van der Waals surface area contributed by atoms with Crippen LogP contribution in [0, 0.1) is 20.8 Å².